The minimum absolute atomic E-state index is 0.0476. The summed E-state index contributed by atoms with van der Waals surface area (Å²) in [6, 6.07) is 2.19. The third-order valence-electron chi connectivity index (χ3n) is 4.48. The number of carboxylic acid groups (broad SMARTS) is 1. The van der Waals surface area contributed by atoms with Crippen molar-refractivity contribution in [1.82, 2.24) is 5.32 Å². The van der Waals surface area contributed by atoms with Crippen LogP contribution in [0.25, 0.3) is 0 Å². The van der Waals surface area contributed by atoms with Crippen LogP contribution in [0.4, 0.5) is 0 Å². The molecule has 0 aliphatic rings. The van der Waals surface area contributed by atoms with Crippen LogP contribution in [0.3, 0.4) is 0 Å². The molecule has 0 aliphatic heterocycles. The van der Waals surface area contributed by atoms with Crippen molar-refractivity contribution in [2.75, 3.05) is 0 Å². The van der Waals surface area contributed by atoms with Gasteiger partial charge >= 0.3 is 11.9 Å². The number of ether oxygens (including phenoxy) is 1. The first-order valence-corrected chi connectivity index (χ1v) is 10.3. The van der Waals surface area contributed by atoms with Crippen molar-refractivity contribution in [3.63, 3.8) is 0 Å². The molecular weight excluding hydrogens is 416 g/mol. The quantitative estimate of drug-likeness (QED) is 0.299. The molecule has 0 spiro atoms. The fourth-order valence-electron chi connectivity index (χ4n) is 2.98. The van der Waals surface area contributed by atoms with E-state index >= 15 is 0 Å². The highest BCUT2D eigenvalue weighted by atomic mass is 16.6. The molecule has 176 valence electrons. The monoisotopic (exact) mass is 448 g/mol. The molecule has 0 saturated heterocycles. The Labute approximate surface area is 187 Å². The Kier molecular flexibility index (Phi) is 9.15. The molecule has 9 nitrogen and oxygen atoms in total. The highest BCUT2D eigenvalue weighted by Gasteiger charge is 2.28. The number of rotatable bonds is 9. The Morgan fingerprint density at radius 3 is 2.28 bits per heavy atom. The van der Waals surface area contributed by atoms with Crippen molar-refractivity contribution >= 4 is 23.9 Å². The summed E-state index contributed by atoms with van der Waals surface area (Å²) >= 11 is 0. The maximum atomic E-state index is 12.6. The van der Waals surface area contributed by atoms with Crippen LogP contribution in [0.1, 0.15) is 65.5 Å². The van der Waals surface area contributed by atoms with E-state index in [2.05, 4.69) is 10.3 Å². The predicted octanol–water partition coefficient (Wildman–Crippen LogP) is 2.63. The second-order valence-electron chi connectivity index (χ2n) is 9.57. The third kappa shape index (κ3) is 8.89. The molecule has 0 aromatic heterocycles. The van der Waals surface area contributed by atoms with E-state index in [4.69, 9.17) is 4.74 Å². The molecule has 2 atom stereocenters. The molecule has 1 aromatic carbocycles. The van der Waals surface area contributed by atoms with E-state index in [0.29, 0.717) is 11.1 Å². The Bertz CT molecular complexity index is 891. The van der Waals surface area contributed by atoms with Crippen molar-refractivity contribution in [1.29, 1.82) is 0 Å². The summed E-state index contributed by atoms with van der Waals surface area (Å²) in [5.74, 6) is -2.55. The minimum Gasteiger partial charge on any atom is -0.508 e. The zero-order valence-corrected chi connectivity index (χ0v) is 19.4. The molecule has 0 aliphatic carbocycles. The maximum Gasteiger partial charge on any atom is 0.326 e. The van der Waals surface area contributed by atoms with E-state index in [-0.39, 0.29) is 30.4 Å². The van der Waals surface area contributed by atoms with Crippen LogP contribution in [0.15, 0.2) is 23.2 Å². The number of hydrogen-bond donors (Lipinski definition) is 3. The van der Waals surface area contributed by atoms with Crippen LogP contribution >= 0.6 is 0 Å². The molecule has 0 fully saturated rings. The molecule has 3 N–H and O–H groups in total. The number of isocyanates is 1. The summed E-state index contributed by atoms with van der Waals surface area (Å²) in [7, 11) is 0. The van der Waals surface area contributed by atoms with Crippen LogP contribution in [0.2, 0.25) is 0 Å². The number of carbonyl (C=O) groups is 3. The fourth-order valence-corrected chi connectivity index (χ4v) is 2.98. The lowest BCUT2D eigenvalue weighted by molar-refractivity contribution is -0.155. The van der Waals surface area contributed by atoms with Gasteiger partial charge in [-0.2, -0.15) is 4.99 Å². The molecule has 1 rings (SSSR count). The van der Waals surface area contributed by atoms with Gasteiger partial charge in [-0.25, -0.2) is 9.59 Å². The van der Waals surface area contributed by atoms with E-state index in [1.807, 2.05) is 20.8 Å². The largest absolute Gasteiger partial charge is 0.508 e. The van der Waals surface area contributed by atoms with Gasteiger partial charge in [0.2, 0.25) is 12.0 Å². The van der Waals surface area contributed by atoms with Gasteiger partial charge in [0.25, 0.3) is 0 Å². The van der Waals surface area contributed by atoms with Gasteiger partial charge in [-0.3, -0.25) is 9.59 Å². The van der Waals surface area contributed by atoms with Crippen LogP contribution < -0.4 is 5.32 Å². The van der Waals surface area contributed by atoms with Crippen molar-refractivity contribution in [3.05, 3.63) is 29.3 Å². The Hall–Kier alpha value is -3.19. The molecule has 1 amide bonds. The Balaban J connectivity index is 2.93. The number of phenols is 1. The number of phenolic OH excluding ortho intramolecular Hbond substituents is 1. The van der Waals surface area contributed by atoms with E-state index in [1.165, 1.54) is 12.1 Å². The van der Waals surface area contributed by atoms with Gasteiger partial charge in [0, 0.05) is 12.8 Å². The number of esters is 1. The zero-order valence-electron chi connectivity index (χ0n) is 19.4. The van der Waals surface area contributed by atoms with Crippen LogP contribution in [0, 0.1) is 0 Å². The standard InChI is InChI=1S/C23H32N2O7/c1-22(2,3)15-11-14(7-9-18(15)27)12-17(21(30)31)25-20(29)16(24-13-26)8-10-19(28)32-23(4,5)6/h7,9,11,16-17,27H,8,10,12H2,1-6H3,(H,25,29)(H,30,31)/t16-,17-/m0/s1. The molecule has 9 heteroatoms. The number of benzene rings is 1. The van der Waals surface area contributed by atoms with Crippen LogP contribution in [-0.4, -0.2) is 51.8 Å². The zero-order chi connectivity index (χ0) is 24.7. The number of aromatic hydroxyl groups is 1. The first-order valence-electron chi connectivity index (χ1n) is 10.3. The fraction of sp³-hybridized carbons (Fsp3) is 0.565. The summed E-state index contributed by atoms with van der Waals surface area (Å²) in [5, 5.41) is 22.0. The molecular formula is C23H32N2O7. The minimum atomic E-state index is -1.30. The number of aliphatic imine (C=N–C) groups is 1. The molecule has 32 heavy (non-hydrogen) atoms. The summed E-state index contributed by atoms with van der Waals surface area (Å²) in [5.41, 5.74) is 0.177. The number of nitrogens with one attached hydrogen (secondary N) is 1. The maximum absolute atomic E-state index is 12.6. The molecule has 0 saturated carbocycles. The second-order valence-corrected chi connectivity index (χ2v) is 9.57. The molecule has 0 radical (unpaired) electrons. The van der Waals surface area contributed by atoms with Crippen LogP contribution in [-0.2, 0) is 35.8 Å². The van der Waals surface area contributed by atoms with E-state index in [9.17, 15) is 29.4 Å². The average molecular weight is 449 g/mol. The van der Waals surface area contributed by atoms with Gasteiger partial charge in [0.15, 0.2) is 0 Å². The summed E-state index contributed by atoms with van der Waals surface area (Å²) in [6.07, 6.45) is 0.938. The number of hydrogen-bond acceptors (Lipinski definition) is 7. The first kappa shape index (κ1) is 26.8. The summed E-state index contributed by atoms with van der Waals surface area (Å²) in [4.78, 5) is 50.4. The lowest BCUT2D eigenvalue weighted by Crippen LogP contribution is -2.46. The van der Waals surface area contributed by atoms with E-state index in [0.717, 1.165) is 0 Å². The van der Waals surface area contributed by atoms with E-state index in [1.54, 1.807) is 32.9 Å². The van der Waals surface area contributed by atoms with Crippen molar-refractivity contribution in [3.8, 4) is 5.75 Å². The van der Waals surface area contributed by atoms with Gasteiger partial charge in [-0.05, 0) is 49.8 Å². The summed E-state index contributed by atoms with van der Waals surface area (Å²) < 4.78 is 5.17. The molecule has 0 heterocycles. The number of nitrogens with zero attached hydrogens (tertiary/aromatic N) is 1. The number of carbonyl (C=O) groups excluding carboxylic acids is 3. The van der Waals surface area contributed by atoms with Crippen molar-refractivity contribution in [2.24, 2.45) is 4.99 Å². The van der Waals surface area contributed by atoms with Gasteiger partial charge in [0.05, 0.1) is 0 Å². The number of carboxylic acids is 1. The van der Waals surface area contributed by atoms with Gasteiger partial charge in [-0.1, -0.05) is 32.9 Å². The van der Waals surface area contributed by atoms with Gasteiger partial charge < -0.3 is 20.3 Å². The molecule has 1 aromatic rings. The van der Waals surface area contributed by atoms with Gasteiger partial charge in [0.1, 0.15) is 23.4 Å². The van der Waals surface area contributed by atoms with Crippen molar-refractivity contribution < 1.29 is 34.1 Å². The highest BCUT2D eigenvalue weighted by Crippen LogP contribution is 2.31. The number of amides is 1. The lowest BCUT2D eigenvalue weighted by atomic mass is 9.85. The summed E-state index contributed by atoms with van der Waals surface area (Å²) in [6.45, 7) is 10.8. The number of aliphatic carboxylic acids is 1. The topological polar surface area (TPSA) is 142 Å². The Morgan fingerprint density at radius 2 is 1.78 bits per heavy atom. The normalized spacial score (nSPS) is 13.4. The molecule has 0 bridgehead atoms. The van der Waals surface area contributed by atoms with Crippen molar-refractivity contribution in [2.45, 2.75) is 83.9 Å². The van der Waals surface area contributed by atoms with Gasteiger partial charge in [-0.15, -0.1) is 0 Å². The first-order chi connectivity index (χ1) is 14.6. The van der Waals surface area contributed by atoms with E-state index < -0.39 is 35.5 Å². The smallest absolute Gasteiger partial charge is 0.326 e. The van der Waals surface area contributed by atoms with Crippen LogP contribution in [0.5, 0.6) is 5.75 Å². The second kappa shape index (κ2) is 10.9. The average Bonchev–Trinajstić information content (AvgIpc) is 2.63. The predicted molar refractivity (Wildman–Crippen MR) is 117 cm³/mol. The third-order valence-corrected chi connectivity index (χ3v) is 4.48. The molecule has 0 unspecified atom stereocenters. The lowest BCUT2D eigenvalue weighted by Gasteiger charge is -2.22. The SMILES string of the molecule is CC(C)(C)OC(=O)CC[C@H](N=C=O)C(=O)N[C@@H](Cc1ccc(O)c(C(C)(C)C)c1)C(=O)O. The highest BCUT2D eigenvalue weighted by molar-refractivity contribution is 5.88. The Morgan fingerprint density at radius 1 is 1.16 bits per heavy atom.